The molecule has 0 aliphatic carbocycles. The molecule has 2 fully saturated rings. The second-order valence-corrected chi connectivity index (χ2v) is 29.1. The zero-order chi connectivity index (χ0) is 37.0. The summed E-state index contributed by atoms with van der Waals surface area (Å²) in [6, 6.07) is 8.64. The van der Waals surface area contributed by atoms with Gasteiger partial charge in [-0.3, -0.25) is 0 Å². The maximum absolute atomic E-state index is 13.9. The minimum atomic E-state index is -3.65. The number of benzene rings is 1. The Kier molecular flexibility index (Phi) is 14.6. The molecule has 1 aromatic rings. The molecule has 0 aromatic heterocycles. The number of sulfone groups is 1. The van der Waals surface area contributed by atoms with Crippen LogP contribution in [0.1, 0.15) is 80.6 Å². The quantitative estimate of drug-likeness (QED) is 0.134. The van der Waals surface area contributed by atoms with E-state index in [0.717, 1.165) is 18.4 Å². The van der Waals surface area contributed by atoms with Crippen molar-refractivity contribution in [3.05, 3.63) is 42.5 Å². The van der Waals surface area contributed by atoms with Gasteiger partial charge in [0, 0.05) is 32.5 Å². The van der Waals surface area contributed by atoms with Crippen molar-refractivity contribution in [2.75, 3.05) is 26.1 Å². The SMILES string of the molecule is C=C1C(C)C[C@H](CCCO)OC1CC1O[C@H](CC(CO[Si](C)(C)C(C)(C)C)O[Si](C)(C)C(C)(C)C)[C@H](OC)C1CS(=O)(=O)c1ccccc1. The van der Waals surface area contributed by atoms with E-state index in [-0.39, 0.29) is 46.7 Å². The van der Waals surface area contributed by atoms with Gasteiger partial charge in [-0.05, 0) is 79.2 Å². The molecule has 2 saturated heterocycles. The molecular formula is C38H68O8SSi2. The van der Waals surface area contributed by atoms with Crippen LogP contribution >= 0.6 is 0 Å². The van der Waals surface area contributed by atoms with Gasteiger partial charge in [-0.25, -0.2) is 8.42 Å². The van der Waals surface area contributed by atoms with Crippen LogP contribution in [0.2, 0.25) is 36.3 Å². The standard InChI is InChI=1S/C38H68O8SSi2/c1-27-22-29(18-17-21-39)44-33(28(27)2)24-34-32(26-47(40,41)31-19-15-14-16-20-31)36(42-9)35(45-34)23-30(46-49(12,13)38(6,7)8)25-43-48(10,11)37(3,4)5/h14-16,19-20,27,29-30,32-36,39H,2,17-18,21-26H2,1,3-13H3/t27?,29-,30?,32?,33?,34?,35+,36+/m0/s1. The number of rotatable bonds is 16. The number of methoxy groups -OCH3 is 1. The predicted octanol–water partition coefficient (Wildman–Crippen LogP) is 8.17. The monoisotopic (exact) mass is 740 g/mol. The lowest BCUT2D eigenvalue weighted by atomic mass is 9.83. The molecule has 2 heterocycles. The molecule has 0 radical (unpaired) electrons. The van der Waals surface area contributed by atoms with E-state index >= 15 is 0 Å². The first kappa shape index (κ1) is 42.5. The topological polar surface area (TPSA) is 101 Å². The molecule has 8 atom stereocenters. The van der Waals surface area contributed by atoms with Crippen molar-refractivity contribution in [1.29, 1.82) is 0 Å². The van der Waals surface area contributed by atoms with E-state index in [4.69, 9.17) is 23.1 Å². The molecule has 0 amide bonds. The van der Waals surface area contributed by atoms with Crippen LogP contribution < -0.4 is 0 Å². The van der Waals surface area contributed by atoms with Gasteiger partial charge in [0.1, 0.15) is 0 Å². The van der Waals surface area contributed by atoms with Gasteiger partial charge >= 0.3 is 0 Å². The maximum Gasteiger partial charge on any atom is 0.192 e. The third-order valence-corrected chi connectivity index (χ3v) is 22.6. The van der Waals surface area contributed by atoms with Crippen molar-refractivity contribution in [1.82, 2.24) is 0 Å². The number of hydrogen-bond donors (Lipinski definition) is 1. The van der Waals surface area contributed by atoms with E-state index in [0.29, 0.717) is 30.8 Å². The van der Waals surface area contributed by atoms with Crippen LogP contribution in [0.4, 0.5) is 0 Å². The van der Waals surface area contributed by atoms with E-state index in [9.17, 15) is 13.5 Å². The van der Waals surface area contributed by atoms with Gasteiger partial charge in [0.2, 0.25) is 0 Å². The Labute approximate surface area is 300 Å². The minimum Gasteiger partial charge on any atom is -0.414 e. The molecule has 0 saturated carbocycles. The summed E-state index contributed by atoms with van der Waals surface area (Å²) in [5.41, 5.74) is 1.01. The number of aliphatic hydroxyl groups excluding tert-OH is 1. The van der Waals surface area contributed by atoms with Crippen molar-refractivity contribution in [3.8, 4) is 0 Å². The summed E-state index contributed by atoms with van der Waals surface area (Å²) in [6.07, 6.45) is 1.49. The van der Waals surface area contributed by atoms with Crippen LogP contribution in [-0.2, 0) is 32.9 Å². The predicted molar refractivity (Wildman–Crippen MR) is 204 cm³/mol. The fourth-order valence-electron chi connectivity index (χ4n) is 6.50. The van der Waals surface area contributed by atoms with Gasteiger partial charge in [-0.15, -0.1) is 0 Å². The molecule has 0 spiro atoms. The number of hydrogen-bond acceptors (Lipinski definition) is 8. The molecule has 8 nitrogen and oxygen atoms in total. The van der Waals surface area contributed by atoms with Crippen molar-refractivity contribution >= 4 is 26.5 Å². The normalized spacial score (nSPS) is 28.2. The molecule has 1 N–H and O–H groups in total. The molecule has 3 rings (SSSR count). The van der Waals surface area contributed by atoms with Gasteiger partial charge < -0.3 is 28.2 Å². The molecule has 0 bridgehead atoms. The molecule has 11 heteroatoms. The minimum absolute atomic E-state index is 0.00378. The summed E-state index contributed by atoms with van der Waals surface area (Å²) in [5.74, 6) is -0.285. The van der Waals surface area contributed by atoms with Gasteiger partial charge in [0.15, 0.2) is 26.5 Å². The van der Waals surface area contributed by atoms with Crippen LogP contribution in [0, 0.1) is 11.8 Å². The number of aliphatic hydroxyl groups is 1. The van der Waals surface area contributed by atoms with E-state index < -0.39 is 50.7 Å². The van der Waals surface area contributed by atoms with Crippen LogP contribution in [-0.4, -0.2) is 92.9 Å². The highest BCUT2D eigenvalue weighted by molar-refractivity contribution is 7.91. The van der Waals surface area contributed by atoms with Gasteiger partial charge in [0.25, 0.3) is 0 Å². The average Bonchev–Trinajstić information content (AvgIpc) is 3.30. The molecule has 2 aliphatic heterocycles. The fraction of sp³-hybridized carbons (Fsp3) is 0.789. The average molecular weight is 741 g/mol. The van der Waals surface area contributed by atoms with E-state index in [1.165, 1.54) is 0 Å². The first-order valence-corrected chi connectivity index (χ1v) is 25.7. The Hall–Kier alpha value is -0.896. The molecule has 1 aromatic carbocycles. The maximum atomic E-state index is 13.9. The van der Waals surface area contributed by atoms with Crippen molar-refractivity contribution < 1.29 is 36.6 Å². The fourth-order valence-corrected chi connectivity index (χ4v) is 10.6. The second-order valence-electron chi connectivity index (χ2n) is 17.5. The third-order valence-electron chi connectivity index (χ3n) is 11.8. The largest absolute Gasteiger partial charge is 0.414 e. The highest BCUT2D eigenvalue weighted by Crippen LogP contribution is 2.43. The van der Waals surface area contributed by atoms with Crippen molar-refractivity contribution in [3.63, 3.8) is 0 Å². The second kappa shape index (κ2) is 16.8. The van der Waals surface area contributed by atoms with Crippen molar-refractivity contribution in [2.24, 2.45) is 11.8 Å². The number of ether oxygens (including phenoxy) is 3. The summed E-state index contributed by atoms with van der Waals surface area (Å²) in [6.45, 7) is 29.6. The third kappa shape index (κ3) is 11.1. The summed E-state index contributed by atoms with van der Waals surface area (Å²) in [5, 5.41) is 9.51. The molecule has 282 valence electrons. The summed E-state index contributed by atoms with van der Waals surface area (Å²) in [4.78, 5) is 0.296. The lowest BCUT2D eigenvalue weighted by molar-refractivity contribution is -0.0760. The summed E-state index contributed by atoms with van der Waals surface area (Å²) >= 11 is 0. The molecule has 5 unspecified atom stereocenters. The lowest BCUT2D eigenvalue weighted by Crippen LogP contribution is -2.49. The Balaban J connectivity index is 1.97. The van der Waals surface area contributed by atoms with Crippen LogP contribution in [0.15, 0.2) is 47.4 Å². The zero-order valence-corrected chi connectivity index (χ0v) is 35.4. The van der Waals surface area contributed by atoms with Crippen molar-refractivity contribution in [2.45, 2.75) is 158 Å². The first-order valence-electron chi connectivity index (χ1n) is 18.3. The van der Waals surface area contributed by atoms with Gasteiger partial charge in [-0.2, -0.15) is 0 Å². The highest BCUT2D eigenvalue weighted by Gasteiger charge is 2.50. The molecular weight excluding hydrogens is 673 g/mol. The van der Waals surface area contributed by atoms with Crippen LogP contribution in [0.5, 0.6) is 0 Å². The smallest absolute Gasteiger partial charge is 0.192 e. The zero-order valence-electron chi connectivity index (χ0n) is 32.6. The van der Waals surface area contributed by atoms with Crippen LogP contribution in [0.3, 0.4) is 0 Å². The van der Waals surface area contributed by atoms with E-state index in [1.807, 2.05) is 6.07 Å². The van der Waals surface area contributed by atoms with Crippen LogP contribution in [0.25, 0.3) is 0 Å². The van der Waals surface area contributed by atoms with E-state index in [1.54, 1.807) is 31.4 Å². The van der Waals surface area contributed by atoms with Gasteiger partial charge in [0.05, 0.1) is 53.9 Å². The lowest BCUT2D eigenvalue weighted by Gasteiger charge is -2.42. The van der Waals surface area contributed by atoms with Gasteiger partial charge in [-0.1, -0.05) is 73.2 Å². The molecule has 2 aliphatic rings. The van der Waals surface area contributed by atoms with E-state index in [2.05, 4.69) is 81.2 Å². The first-order chi connectivity index (χ1) is 22.5. The summed E-state index contributed by atoms with van der Waals surface area (Å²) in [7, 11) is -6.28. The highest BCUT2D eigenvalue weighted by atomic mass is 32.2. The Morgan fingerprint density at radius 1 is 0.980 bits per heavy atom. The Morgan fingerprint density at radius 3 is 2.14 bits per heavy atom. The Morgan fingerprint density at radius 2 is 1.59 bits per heavy atom. The molecule has 49 heavy (non-hydrogen) atoms. The Bertz CT molecular complexity index is 1300. The summed E-state index contributed by atoms with van der Waals surface area (Å²) < 4.78 is 61.3.